The lowest BCUT2D eigenvalue weighted by Gasteiger charge is -2.38. The summed E-state index contributed by atoms with van der Waals surface area (Å²) in [6.45, 7) is 4.57. The number of nitrogens with zero attached hydrogens (tertiary/aromatic N) is 2. The van der Waals surface area contributed by atoms with E-state index in [2.05, 4.69) is 63.4 Å². The third kappa shape index (κ3) is 2.78. The second-order valence-electron chi connectivity index (χ2n) is 5.28. The van der Waals surface area contributed by atoms with Gasteiger partial charge in [-0.3, -0.25) is 5.43 Å². The first-order chi connectivity index (χ1) is 9.13. The van der Waals surface area contributed by atoms with E-state index in [0.717, 1.165) is 15.1 Å². The molecule has 1 fully saturated rings. The van der Waals surface area contributed by atoms with Crippen molar-refractivity contribution >= 4 is 42.6 Å². The van der Waals surface area contributed by atoms with E-state index in [9.17, 15) is 0 Å². The zero-order chi connectivity index (χ0) is 13.4. The van der Waals surface area contributed by atoms with Crippen LogP contribution in [0.1, 0.15) is 33.1 Å². The van der Waals surface area contributed by atoms with Crippen LogP contribution in [0.25, 0.3) is 10.2 Å². The van der Waals surface area contributed by atoms with Crippen molar-refractivity contribution in [3.8, 4) is 0 Å². The standard InChI is InChI=1S/C14H18BrN3S/c1-9-4-3-5-10(2)18(9)17-14-16-12-8-11(15)6-7-13(12)19-14/h6-10H,3-5H2,1-2H3,(H,16,17). The van der Waals surface area contributed by atoms with Gasteiger partial charge in [0.25, 0.3) is 0 Å². The molecular weight excluding hydrogens is 322 g/mol. The molecule has 1 aromatic carbocycles. The lowest BCUT2D eigenvalue weighted by atomic mass is 10.00. The van der Waals surface area contributed by atoms with Crippen molar-refractivity contribution in [2.45, 2.75) is 45.2 Å². The van der Waals surface area contributed by atoms with Crippen LogP contribution in [0.15, 0.2) is 22.7 Å². The molecule has 102 valence electrons. The number of piperidine rings is 1. The van der Waals surface area contributed by atoms with Crippen LogP contribution < -0.4 is 5.43 Å². The first-order valence-corrected chi connectivity index (χ1v) is 8.35. The highest BCUT2D eigenvalue weighted by Gasteiger charge is 2.25. The van der Waals surface area contributed by atoms with E-state index in [1.165, 1.54) is 24.0 Å². The maximum atomic E-state index is 4.67. The molecule has 0 aliphatic carbocycles. The molecule has 2 heterocycles. The average molecular weight is 340 g/mol. The molecular formula is C14H18BrN3S. The van der Waals surface area contributed by atoms with Crippen molar-refractivity contribution in [1.82, 2.24) is 9.99 Å². The lowest BCUT2D eigenvalue weighted by Crippen LogP contribution is -2.47. The predicted octanol–water partition coefficient (Wildman–Crippen LogP) is 4.65. The minimum atomic E-state index is 0.572. The fraction of sp³-hybridized carbons (Fsp3) is 0.500. The van der Waals surface area contributed by atoms with E-state index in [0.29, 0.717) is 12.1 Å². The molecule has 1 aromatic heterocycles. The summed E-state index contributed by atoms with van der Waals surface area (Å²) in [6.07, 6.45) is 3.84. The number of hydrogen-bond acceptors (Lipinski definition) is 4. The van der Waals surface area contributed by atoms with Gasteiger partial charge in [-0.05, 0) is 44.9 Å². The van der Waals surface area contributed by atoms with Gasteiger partial charge in [-0.15, -0.1) is 0 Å². The van der Waals surface area contributed by atoms with Gasteiger partial charge < -0.3 is 0 Å². The van der Waals surface area contributed by atoms with E-state index < -0.39 is 0 Å². The first-order valence-electron chi connectivity index (χ1n) is 6.74. The minimum absolute atomic E-state index is 0.572. The Labute approximate surface area is 126 Å². The Morgan fingerprint density at radius 1 is 1.32 bits per heavy atom. The molecule has 5 heteroatoms. The summed E-state index contributed by atoms with van der Waals surface area (Å²) in [5, 5.41) is 3.35. The van der Waals surface area contributed by atoms with Crippen molar-refractivity contribution in [1.29, 1.82) is 0 Å². The number of aromatic nitrogens is 1. The Bertz CT molecular complexity index is 573. The Hall–Kier alpha value is -0.650. The number of thiazole rings is 1. The monoisotopic (exact) mass is 339 g/mol. The second-order valence-corrected chi connectivity index (χ2v) is 7.23. The molecule has 2 atom stereocenters. The topological polar surface area (TPSA) is 28.2 Å². The highest BCUT2D eigenvalue weighted by atomic mass is 79.9. The number of nitrogens with one attached hydrogen (secondary N) is 1. The fourth-order valence-corrected chi connectivity index (χ4v) is 3.90. The number of hydrogen-bond donors (Lipinski definition) is 1. The van der Waals surface area contributed by atoms with E-state index in [4.69, 9.17) is 0 Å². The van der Waals surface area contributed by atoms with Crippen LogP contribution in [-0.4, -0.2) is 22.1 Å². The molecule has 19 heavy (non-hydrogen) atoms. The van der Waals surface area contributed by atoms with Gasteiger partial charge in [0.05, 0.1) is 10.2 Å². The zero-order valence-corrected chi connectivity index (χ0v) is 13.6. The Kier molecular flexibility index (Phi) is 3.78. The van der Waals surface area contributed by atoms with E-state index in [-0.39, 0.29) is 0 Å². The molecule has 3 nitrogen and oxygen atoms in total. The SMILES string of the molecule is CC1CCCC(C)N1Nc1nc2cc(Br)ccc2s1. The quantitative estimate of drug-likeness (QED) is 0.863. The number of halogens is 1. The average Bonchev–Trinajstić information content (AvgIpc) is 2.75. The smallest absolute Gasteiger partial charge is 0.198 e. The van der Waals surface area contributed by atoms with Gasteiger partial charge in [0.2, 0.25) is 0 Å². The maximum absolute atomic E-state index is 4.67. The molecule has 0 bridgehead atoms. The molecule has 1 aliphatic heterocycles. The third-order valence-corrected chi connectivity index (χ3v) is 5.20. The number of benzene rings is 1. The van der Waals surface area contributed by atoms with Crippen LogP contribution in [-0.2, 0) is 0 Å². The largest absolute Gasteiger partial charge is 0.294 e. The predicted molar refractivity (Wildman–Crippen MR) is 85.6 cm³/mol. The normalized spacial score (nSPS) is 24.8. The highest BCUT2D eigenvalue weighted by Crippen LogP contribution is 2.30. The lowest BCUT2D eigenvalue weighted by molar-refractivity contribution is 0.136. The molecule has 0 saturated carbocycles. The molecule has 1 saturated heterocycles. The van der Waals surface area contributed by atoms with Crippen LogP contribution in [0.5, 0.6) is 0 Å². The second kappa shape index (κ2) is 5.38. The van der Waals surface area contributed by atoms with Gasteiger partial charge in [-0.25, -0.2) is 9.99 Å². The summed E-state index contributed by atoms with van der Waals surface area (Å²) in [5.41, 5.74) is 4.57. The van der Waals surface area contributed by atoms with Crippen molar-refractivity contribution in [2.75, 3.05) is 5.43 Å². The zero-order valence-electron chi connectivity index (χ0n) is 11.2. The van der Waals surface area contributed by atoms with Crippen LogP contribution in [0.4, 0.5) is 5.13 Å². The van der Waals surface area contributed by atoms with Crippen LogP contribution >= 0.6 is 27.3 Å². The van der Waals surface area contributed by atoms with E-state index in [1.54, 1.807) is 11.3 Å². The maximum Gasteiger partial charge on any atom is 0.198 e. The fourth-order valence-electron chi connectivity index (χ4n) is 2.70. The van der Waals surface area contributed by atoms with Gasteiger partial charge in [-0.1, -0.05) is 33.7 Å². The summed E-state index contributed by atoms with van der Waals surface area (Å²) in [4.78, 5) is 4.67. The molecule has 0 amide bonds. The van der Waals surface area contributed by atoms with Crippen LogP contribution in [0.2, 0.25) is 0 Å². The highest BCUT2D eigenvalue weighted by molar-refractivity contribution is 9.10. The molecule has 2 unspecified atom stereocenters. The summed E-state index contributed by atoms with van der Waals surface area (Å²) in [6, 6.07) is 7.40. The van der Waals surface area contributed by atoms with Crippen molar-refractivity contribution in [2.24, 2.45) is 0 Å². The van der Waals surface area contributed by atoms with Crippen LogP contribution in [0, 0.1) is 0 Å². The summed E-state index contributed by atoms with van der Waals surface area (Å²) >= 11 is 5.21. The molecule has 0 radical (unpaired) electrons. The Morgan fingerprint density at radius 3 is 2.79 bits per heavy atom. The first kappa shape index (κ1) is 13.3. The van der Waals surface area contributed by atoms with Crippen LogP contribution in [0.3, 0.4) is 0 Å². The Morgan fingerprint density at radius 2 is 2.05 bits per heavy atom. The summed E-state index contributed by atoms with van der Waals surface area (Å²) in [5.74, 6) is 0. The van der Waals surface area contributed by atoms with E-state index >= 15 is 0 Å². The molecule has 1 N–H and O–H groups in total. The van der Waals surface area contributed by atoms with Gasteiger partial charge in [0, 0.05) is 16.6 Å². The van der Waals surface area contributed by atoms with Gasteiger partial charge in [-0.2, -0.15) is 0 Å². The van der Waals surface area contributed by atoms with Crippen molar-refractivity contribution in [3.63, 3.8) is 0 Å². The number of anilines is 1. The van der Waals surface area contributed by atoms with E-state index in [1.807, 2.05) is 0 Å². The van der Waals surface area contributed by atoms with Gasteiger partial charge in [0.15, 0.2) is 5.13 Å². The molecule has 3 rings (SSSR count). The third-order valence-electron chi connectivity index (χ3n) is 3.77. The van der Waals surface area contributed by atoms with Crippen molar-refractivity contribution < 1.29 is 0 Å². The minimum Gasteiger partial charge on any atom is -0.294 e. The number of fused-ring (bicyclic) bond motifs is 1. The number of hydrazine groups is 1. The number of rotatable bonds is 2. The molecule has 1 aliphatic rings. The molecule has 0 spiro atoms. The van der Waals surface area contributed by atoms with Gasteiger partial charge >= 0.3 is 0 Å². The van der Waals surface area contributed by atoms with Gasteiger partial charge in [0.1, 0.15) is 0 Å². The summed E-state index contributed by atoms with van der Waals surface area (Å²) in [7, 11) is 0. The summed E-state index contributed by atoms with van der Waals surface area (Å²) < 4.78 is 2.31. The van der Waals surface area contributed by atoms with Crippen molar-refractivity contribution in [3.05, 3.63) is 22.7 Å². The molecule has 2 aromatic rings. The Balaban J connectivity index is 1.84.